The number of hydrogen-bond donors (Lipinski definition) is 1. The van der Waals surface area contributed by atoms with E-state index in [9.17, 15) is 0 Å². The molecule has 0 spiro atoms. The molecule has 1 aliphatic rings. The maximum Gasteiger partial charge on any atom is 0.0847 e. The van der Waals surface area contributed by atoms with Crippen molar-refractivity contribution in [3.05, 3.63) is 16.4 Å². The lowest BCUT2D eigenvalue weighted by atomic mass is 9.76. The first-order chi connectivity index (χ1) is 8.58. The smallest absolute Gasteiger partial charge is 0.0847 e. The number of aryl methyl sites for hydroxylation is 2. The van der Waals surface area contributed by atoms with E-state index in [1.807, 2.05) is 18.7 Å². The highest BCUT2D eigenvalue weighted by molar-refractivity contribution is 6.31. The minimum absolute atomic E-state index is 0.236. The van der Waals surface area contributed by atoms with Crippen LogP contribution in [0.2, 0.25) is 5.02 Å². The predicted octanol–water partition coefficient (Wildman–Crippen LogP) is 3.22. The van der Waals surface area contributed by atoms with E-state index >= 15 is 0 Å². The Hall–Kier alpha value is -0.540. The highest BCUT2D eigenvalue weighted by atomic mass is 35.5. The molecule has 1 saturated carbocycles. The number of rotatable bonds is 3. The van der Waals surface area contributed by atoms with Crippen LogP contribution in [0, 0.1) is 12.3 Å². The van der Waals surface area contributed by atoms with Crippen LogP contribution in [0.25, 0.3) is 0 Å². The Morgan fingerprint density at radius 2 is 1.89 bits per heavy atom. The molecule has 3 nitrogen and oxygen atoms in total. The molecule has 1 fully saturated rings. The highest BCUT2D eigenvalue weighted by Gasteiger charge is 2.32. The zero-order valence-corrected chi connectivity index (χ0v) is 12.3. The van der Waals surface area contributed by atoms with E-state index in [1.165, 1.54) is 38.5 Å². The molecular formula is C14H24ClN3. The molecule has 1 heterocycles. The fourth-order valence-corrected chi connectivity index (χ4v) is 3.39. The summed E-state index contributed by atoms with van der Waals surface area (Å²) in [6.07, 6.45) is 8.71. The van der Waals surface area contributed by atoms with E-state index in [2.05, 4.69) is 5.10 Å². The fraction of sp³-hybridized carbons (Fsp3) is 0.786. The summed E-state index contributed by atoms with van der Waals surface area (Å²) in [5.41, 5.74) is 8.41. The van der Waals surface area contributed by atoms with E-state index in [0.29, 0.717) is 0 Å². The number of halogens is 1. The Balaban J connectivity index is 2.23. The third kappa shape index (κ3) is 2.72. The van der Waals surface area contributed by atoms with Gasteiger partial charge >= 0.3 is 0 Å². The van der Waals surface area contributed by atoms with Gasteiger partial charge in [-0.3, -0.25) is 4.68 Å². The van der Waals surface area contributed by atoms with E-state index in [4.69, 9.17) is 17.3 Å². The Bertz CT molecular complexity index is 403. The Kier molecular flexibility index (Phi) is 4.33. The van der Waals surface area contributed by atoms with Gasteiger partial charge in [0.1, 0.15) is 0 Å². The van der Waals surface area contributed by atoms with Gasteiger partial charge in [-0.2, -0.15) is 5.10 Å². The minimum atomic E-state index is 0.236. The van der Waals surface area contributed by atoms with Crippen LogP contribution >= 0.6 is 11.6 Å². The van der Waals surface area contributed by atoms with Crippen molar-refractivity contribution in [2.75, 3.05) is 6.54 Å². The van der Waals surface area contributed by atoms with Crippen LogP contribution in [0.3, 0.4) is 0 Å². The van der Waals surface area contributed by atoms with Crippen LogP contribution in [0.5, 0.6) is 0 Å². The maximum absolute atomic E-state index is 6.37. The van der Waals surface area contributed by atoms with Crippen molar-refractivity contribution in [1.29, 1.82) is 0 Å². The van der Waals surface area contributed by atoms with Crippen molar-refractivity contribution >= 4 is 11.6 Å². The minimum Gasteiger partial charge on any atom is -0.330 e. The van der Waals surface area contributed by atoms with Crippen LogP contribution < -0.4 is 5.73 Å². The second kappa shape index (κ2) is 5.62. The molecule has 0 atom stereocenters. The van der Waals surface area contributed by atoms with Crippen LogP contribution in [-0.2, 0) is 13.5 Å². The van der Waals surface area contributed by atoms with E-state index in [0.717, 1.165) is 29.4 Å². The van der Waals surface area contributed by atoms with Crippen LogP contribution in [0.4, 0.5) is 0 Å². The first-order valence-corrected chi connectivity index (χ1v) is 7.34. The summed E-state index contributed by atoms with van der Waals surface area (Å²) in [5, 5.41) is 5.24. The molecule has 102 valence electrons. The lowest BCUT2D eigenvalue weighted by molar-refractivity contribution is 0.247. The summed E-state index contributed by atoms with van der Waals surface area (Å²) in [5.74, 6) is 0. The monoisotopic (exact) mass is 269 g/mol. The first kappa shape index (κ1) is 13.9. The van der Waals surface area contributed by atoms with Crippen molar-refractivity contribution in [2.45, 2.75) is 51.9 Å². The summed E-state index contributed by atoms with van der Waals surface area (Å²) in [6.45, 7) is 2.72. The maximum atomic E-state index is 6.37. The number of aromatic nitrogens is 2. The molecule has 18 heavy (non-hydrogen) atoms. The largest absolute Gasteiger partial charge is 0.330 e. The zero-order valence-electron chi connectivity index (χ0n) is 11.5. The van der Waals surface area contributed by atoms with Gasteiger partial charge in [0.2, 0.25) is 0 Å². The van der Waals surface area contributed by atoms with E-state index < -0.39 is 0 Å². The molecule has 2 N–H and O–H groups in total. The fourth-order valence-electron chi connectivity index (χ4n) is 3.16. The molecule has 0 unspecified atom stereocenters. The molecule has 0 aromatic carbocycles. The van der Waals surface area contributed by atoms with Gasteiger partial charge < -0.3 is 5.73 Å². The first-order valence-electron chi connectivity index (χ1n) is 6.96. The van der Waals surface area contributed by atoms with Crippen LogP contribution in [-0.4, -0.2) is 16.3 Å². The molecule has 0 saturated heterocycles. The third-order valence-electron chi connectivity index (χ3n) is 4.40. The Labute approximate surface area is 115 Å². The van der Waals surface area contributed by atoms with Gasteiger partial charge in [-0.05, 0) is 38.1 Å². The second-order valence-corrected chi connectivity index (χ2v) is 6.14. The van der Waals surface area contributed by atoms with Crippen molar-refractivity contribution in [3.63, 3.8) is 0 Å². The third-order valence-corrected chi connectivity index (χ3v) is 4.89. The molecule has 0 aliphatic heterocycles. The molecule has 1 aliphatic carbocycles. The van der Waals surface area contributed by atoms with Gasteiger partial charge in [0.25, 0.3) is 0 Å². The molecule has 0 amide bonds. The molecule has 0 radical (unpaired) electrons. The predicted molar refractivity (Wildman–Crippen MR) is 75.8 cm³/mol. The van der Waals surface area contributed by atoms with Gasteiger partial charge in [0.05, 0.1) is 16.4 Å². The van der Waals surface area contributed by atoms with Crippen molar-refractivity contribution in [3.8, 4) is 0 Å². The molecule has 4 heteroatoms. The normalized spacial score (nSPS) is 19.8. The summed E-state index contributed by atoms with van der Waals surface area (Å²) in [4.78, 5) is 0. The summed E-state index contributed by atoms with van der Waals surface area (Å²) in [6, 6.07) is 0. The summed E-state index contributed by atoms with van der Waals surface area (Å²) >= 11 is 6.37. The average molecular weight is 270 g/mol. The SMILES string of the molecule is Cc1nn(C)c(CC2(CN)CCCCCC2)c1Cl. The molecule has 1 aromatic heterocycles. The van der Waals surface area contributed by atoms with Crippen molar-refractivity contribution < 1.29 is 0 Å². The Morgan fingerprint density at radius 1 is 1.28 bits per heavy atom. The van der Waals surface area contributed by atoms with Gasteiger partial charge in [0.15, 0.2) is 0 Å². The van der Waals surface area contributed by atoms with Gasteiger partial charge in [-0.25, -0.2) is 0 Å². The molecule has 2 rings (SSSR count). The lowest BCUT2D eigenvalue weighted by Crippen LogP contribution is -2.33. The highest BCUT2D eigenvalue weighted by Crippen LogP contribution is 2.38. The van der Waals surface area contributed by atoms with Crippen molar-refractivity contribution in [1.82, 2.24) is 9.78 Å². The topological polar surface area (TPSA) is 43.8 Å². The quantitative estimate of drug-likeness (QED) is 0.857. The van der Waals surface area contributed by atoms with E-state index in [1.54, 1.807) is 0 Å². The molecular weight excluding hydrogens is 246 g/mol. The van der Waals surface area contributed by atoms with Crippen LogP contribution in [0.1, 0.15) is 49.9 Å². The second-order valence-electron chi connectivity index (χ2n) is 5.76. The van der Waals surface area contributed by atoms with Crippen LogP contribution in [0.15, 0.2) is 0 Å². The lowest BCUT2D eigenvalue weighted by Gasteiger charge is -2.31. The standard InChI is InChI=1S/C14H24ClN3/c1-11-13(15)12(18(2)17-11)9-14(10-16)7-5-3-4-6-8-14/h3-10,16H2,1-2H3. The average Bonchev–Trinajstić information content (AvgIpc) is 2.58. The van der Waals surface area contributed by atoms with E-state index in [-0.39, 0.29) is 5.41 Å². The zero-order chi connectivity index (χ0) is 13.2. The summed E-state index contributed by atoms with van der Waals surface area (Å²) < 4.78 is 1.93. The molecule has 1 aromatic rings. The van der Waals surface area contributed by atoms with Gasteiger partial charge in [-0.1, -0.05) is 37.3 Å². The van der Waals surface area contributed by atoms with Gasteiger partial charge in [-0.15, -0.1) is 0 Å². The number of hydrogen-bond acceptors (Lipinski definition) is 2. The molecule has 0 bridgehead atoms. The van der Waals surface area contributed by atoms with Crippen molar-refractivity contribution in [2.24, 2.45) is 18.2 Å². The Morgan fingerprint density at radius 3 is 2.33 bits per heavy atom. The number of nitrogens with two attached hydrogens (primary N) is 1. The van der Waals surface area contributed by atoms with Gasteiger partial charge in [0, 0.05) is 7.05 Å². The number of nitrogens with zero attached hydrogens (tertiary/aromatic N) is 2. The summed E-state index contributed by atoms with van der Waals surface area (Å²) in [7, 11) is 1.98.